The monoisotopic (exact) mass is 313 g/mol. The highest BCUT2D eigenvalue weighted by molar-refractivity contribution is 5.89. The molecule has 6 heteroatoms. The largest absolute Gasteiger partial charge is 0.467 e. The Balaban J connectivity index is 1.57. The normalized spacial score (nSPS) is 18.9. The van der Waals surface area contributed by atoms with Crippen LogP contribution < -0.4 is 5.32 Å². The Morgan fingerprint density at radius 2 is 2.35 bits per heavy atom. The van der Waals surface area contributed by atoms with Gasteiger partial charge in [0.2, 0.25) is 11.8 Å². The molecule has 3 heterocycles. The Morgan fingerprint density at radius 3 is 3.04 bits per heavy atom. The minimum atomic E-state index is -0.323. The van der Waals surface area contributed by atoms with Gasteiger partial charge in [0.1, 0.15) is 5.76 Å². The van der Waals surface area contributed by atoms with Crippen LogP contribution in [0.4, 0.5) is 0 Å². The van der Waals surface area contributed by atoms with Crippen LogP contribution in [0.5, 0.6) is 0 Å². The second-order valence-corrected chi connectivity index (χ2v) is 5.77. The van der Waals surface area contributed by atoms with Gasteiger partial charge in [0, 0.05) is 25.4 Å². The van der Waals surface area contributed by atoms with Crippen LogP contribution in [-0.2, 0) is 16.1 Å². The van der Waals surface area contributed by atoms with Crippen LogP contribution in [0, 0.1) is 5.92 Å². The summed E-state index contributed by atoms with van der Waals surface area (Å²) in [7, 11) is 0. The Bertz CT molecular complexity index is 670. The first kappa shape index (κ1) is 15.3. The van der Waals surface area contributed by atoms with Gasteiger partial charge < -0.3 is 14.6 Å². The van der Waals surface area contributed by atoms with Crippen molar-refractivity contribution >= 4 is 11.8 Å². The molecule has 1 fully saturated rings. The van der Waals surface area contributed by atoms with E-state index in [-0.39, 0.29) is 30.2 Å². The lowest BCUT2D eigenvalue weighted by atomic mass is 10.1. The summed E-state index contributed by atoms with van der Waals surface area (Å²) in [6.07, 6.45) is 5.25. The van der Waals surface area contributed by atoms with Crippen molar-refractivity contribution in [1.82, 2.24) is 15.2 Å². The second kappa shape index (κ2) is 6.64. The Labute approximate surface area is 134 Å². The fourth-order valence-corrected chi connectivity index (χ4v) is 2.74. The van der Waals surface area contributed by atoms with Crippen LogP contribution in [0.3, 0.4) is 0 Å². The van der Waals surface area contributed by atoms with Crippen molar-refractivity contribution in [2.45, 2.75) is 25.9 Å². The number of carbonyl (C=O) groups is 2. The summed E-state index contributed by atoms with van der Waals surface area (Å²) in [6, 6.07) is 7.23. The van der Waals surface area contributed by atoms with Gasteiger partial charge in [0.15, 0.2) is 0 Å². The third-order valence-corrected chi connectivity index (χ3v) is 4.06. The number of pyridine rings is 1. The van der Waals surface area contributed by atoms with E-state index in [1.807, 2.05) is 25.1 Å². The summed E-state index contributed by atoms with van der Waals surface area (Å²) in [5.41, 5.74) is 0.942. The minimum absolute atomic E-state index is 0.0180. The van der Waals surface area contributed by atoms with E-state index in [0.717, 1.165) is 11.3 Å². The van der Waals surface area contributed by atoms with Crippen LogP contribution in [0.1, 0.15) is 30.7 Å². The van der Waals surface area contributed by atoms with Crippen molar-refractivity contribution in [3.63, 3.8) is 0 Å². The molecule has 23 heavy (non-hydrogen) atoms. The number of aromatic nitrogens is 1. The molecule has 2 amide bonds. The van der Waals surface area contributed by atoms with E-state index in [1.54, 1.807) is 29.6 Å². The molecule has 0 aromatic carbocycles. The summed E-state index contributed by atoms with van der Waals surface area (Å²) in [5, 5.41) is 2.96. The lowest BCUT2D eigenvalue weighted by Crippen LogP contribution is -2.34. The first-order chi connectivity index (χ1) is 11.1. The molecule has 0 radical (unpaired) electrons. The lowest BCUT2D eigenvalue weighted by molar-refractivity contribution is -0.129. The fourth-order valence-electron chi connectivity index (χ4n) is 2.74. The molecule has 2 atom stereocenters. The van der Waals surface area contributed by atoms with Crippen LogP contribution in [0.15, 0.2) is 47.3 Å². The smallest absolute Gasteiger partial charge is 0.225 e. The van der Waals surface area contributed by atoms with Gasteiger partial charge >= 0.3 is 0 Å². The first-order valence-corrected chi connectivity index (χ1v) is 7.64. The number of rotatable bonds is 5. The Kier molecular flexibility index (Phi) is 4.41. The van der Waals surface area contributed by atoms with Crippen molar-refractivity contribution in [1.29, 1.82) is 0 Å². The molecule has 0 aliphatic carbocycles. The van der Waals surface area contributed by atoms with E-state index in [1.165, 1.54) is 0 Å². The second-order valence-electron chi connectivity index (χ2n) is 5.77. The first-order valence-electron chi connectivity index (χ1n) is 7.64. The van der Waals surface area contributed by atoms with Gasteiger partial charge in [-0.1, -0.05) is 6.07 Å². The quantitative estimate of drug-likeness (QED) is 0.915. The predicted octanol–water partition coefficient (Wildman–Crippen LogP) is 1.90. The van der Waals surface area contributed by atoms with Gasteiger partial charge in [-0.25, -0.2) is 0 Å². The summed E-state index contributed by atoms with van der Waals surface area (Å²) in [4.78, 5) is 30.2. The third-order valence-electron chi connectivity index (χ3n) is 4.06. The molecule has 120 valence electrons. The average molecular weight is 313 g/mol. The number of hydrogen-bond acceptors (Lipinski definition) is 4. The summed E-state index contributed by atoms with van der Waals surface area (Å²) in [5.74, 6) is 0.284. The molecule has 2 aromatic heterocycles. The molecule has 3 rings (SSSR count). The third kappa shape index (κ3) is 3.59. The van der Waals surface area contributed by atoms with E-state index >= 15 is 0 Å². The summed E-state index contributed by atoms with van der Waals surface area (Å²) < 4.78 is 5.26. The molecule has 1 aliphatic heterocycles. The van der Waals surface area contributed by atoms with E-state index in [4.69, 9.17) is 4.42 Å². The average Bonchev–Trinajstić information content (AvgIpc) is 3.19. The fraction of sp³-hybridized carbons (Fsp3) is 0.353. The van der Waals surface area contributed by atoms with Gasteiger partial charge in [0.05, 0.1) is 24.8 Å². The molecule has 1 aliphatic rings. The number of nitrogens with zero attached hydrogens (tertiary/aromatic N) is 2. The highest BCUT2D eigenvalue weighted by Crippen LogP contribution is 2.22. The van der Waals surface area contributed by atoms with Gasteiger partial charge in [0.25, 0.3) is 0 Å². The molecular weight excluding hydrogens is 294 g/mol. The lowest BCUT2D eigenvalue weighted by Gasteiger charge is -2.18. The number of amides is 2. The number of likely N-dealkylation sites (tertiary alicyclic amines) is 1. The molecule has 6 nitrogen and oxygen atoms in total. The van der Waals surface area contributed by atoms with Gasteiger partial charge in [-0.2, -0.15) is 0 Å². The highest BCUT2D eigenvalue weighted by Gasteiger charge is 2.35. The van der Waals surface area contributed by atoms with Gasteiger partial charge in [-0.3, -0.25) is 14.6 Å². The maximum atomic E-state index is 12.4. The van der Waals surface area contributed by atoms with Crippen LogP contribution >= 0.6 is 0 Å². The molecule has 2 aromatic rings. The molecule has 0 unspecified atom stereocenters. The van der Waals surface area contributed by atoms with Gasteiger partial charge in [-0.05, 0) is 30.7 Å². The minimum Gasteiger partial charge on any atom is -0.467 e. The number of carbonyl (C=O) groups excluding carboxylic acids is 2. The van der Waals surface area contributed by atoms with E-state index in [9.17, 15) is 9.59 Å². The van der Waals surface area contributed by atoms with Crippen molar-refractivity contribution < 1.29 is 14.0 Å². The molecule has 0 saturated carbocycles. The zero-order chi connectivity index (χ0) is 16.2. The Hall–Kier alpha value is -2.63. The molecule has 1 N–H and O–H groups in total. The number of furan rings is 1. The van der Waals surface area contributed by atoms with E-state index in [0.29, 0.717) is 13.1 Å². The van der Waals surface area contributed by atoms with Crippen molar-refractivity contribution in [2.24, 2.45) is 5.92 Å². The maximum Gasteiger partial charge on any atom is 0.225 e. The SMILES string of the molecule is C[C@H](NC(=O)[C@@H]1CC(=O)N(Cc2ccco2)C1)c1cccnc1. The summed E-state index contributed by atoms with van der Waals surface area (Å²) >= 11 is 0. The molecule has 0 spiro atoms. The van der Waals surface area contributed by atoms with Crippen molar-refractivity contribution in [3.8, 4) is 0 Å². The van der Waals surface area contributed by atoms with E-state index in [2.05, 4.69) is 10.3 Å². The maximum absolute atomic E-state index is 12.4. The van der Waals surface area contributed by atoms with Crippen molar-refractivity contribution in [3.05, 3.63) is 54.2 Å². The number of hydrogen-bond donors (Lipinski definition) is 1. The molecule has 0 bridgehead atoms. The summed E-state index contributed by atoms with van der Waals surface area (Å²) in [6.45, 7) is 2.74. The zero-order valence-electron chi connectivity index (χ0n) is 12.9. The van der Waals surface area contributed by atoms with Gasteiger partial charge in [-0.15, -0.1) is 0 Å². The van der Waals surface area contributed by atoms with Crippen LogP contribution in [0.2, 0.25) is 0 Å². The molecular formula is C17H19N3O3. The van der Waals surface area contributed by atoms with Crippen molar-refractivity contribution in [2.75, 3.05) is 6.54 Å². The zero-order valence-corrected chi connectivity index (χ0v) is 12.9. The predicted molar refractivity (Wildman–Crippen MR) is 83.0 cm³/mol. The van der Waals surface area contributed by atoms with Crippen LogP contribution in [-0.4, -0.2) is 28.2 Å². The standard InChI is InChI=1S/C17H19N3O3/c1-12(13-4-2-6-18-9-13)19-17(22)14-8-16(21)20(10-14)11-15-5-3-7-23-15/h2-7,9,12,14H,8,10-11H2,1H3,(H,19,22)/t12-,14+/m0/s1. The number of nitrogens with one attached hydrogen (secondary N) is 1. The highest BCUT2D eigenvalue weighted by atomic mass is 16.3. The topological polar surface area (TPSA) is 75.4 Å². The molecule has 1 saturated heterocycles. The van der Waals surface area contributed by atoms with E-state index < -0.39 is 0 Å². The van der Waals surface area contributed by atoms with Crippen LogP contribution in [0.25, 0.3) is 0 Å². The Morgan fingerprint density at radius 1 is 1.48 bits per heavy atom.